The second-order valence-corrected chi connectivity index (χ2v) is 5.69. The first-order valence-corrected chi connectivity index (χ1v) is 7.16. The first-order chi connectivity index (χ1) is 10.1. The summed E-state index contributed by atoms with van der Waals surface area (Å²) in [6.45, 7) is 0.146. The normalized spacial score (nSPS) is 12.7. The Hall–Kier alpha value is -1.99. The molecule has 21 heavy (non-hydrogen) atoms. The first kappa shape index (κ1) is 14.0. The predicted molar refractivity (Wildman–Crippen MR) is 81.9 cm³/mol. The van der Waals surface area contributed by atoms with Crippen LogP contribution >= 0.6 is 15.9 Å². The van der Waals surface area contributed by atoms with Gasteiger partial charge >= 0.3 is 0 Å². The molecule has 2 heterocycles. The van der Waals surface area contributed by atoms with Gasteiger partial charge in [-0.2, -0.15) is 5.10 Å². The summed E-state index contributed by atoms with van der Waals surface area (Å²) in [6.07, 6.45) is 2.15. The van der Waals surface area contributed by atoms with Crippen LogP contribution in [0.2, 0.25) is 0 Å². The third-order valence-corrected chi connectivity index (χ3v) is 3.81. The van der Waals surface area contributed by atoms with Crippen LogP contribution in [-0.2, 0) is 13.6 Å². The van der Waals surface area contributed by atoms with E-state index in [-0.39, 0.29) is 12.1 Å². The average molecular weight is 349 g/mol. The lowest BCUT2D eigenvalue weighted by Crippen LogP contribution is -2.23. The van der Waals surface area contributed by atoms with Crippen LogP contribution in [0.1, 0.15) is 11.7 Å². The van der Waals surface area contributed by atoms with E-state index >= 15 is 0 Å². The minimum Gasteiger partial charge on any atom is -0.387 e. The summed E-state index contributed by atoms with van der Waals surface area (Å²) in [5.41, 5.74) is 1.07. The Morgan fingerprint density at radius 1 is 1.43 bits per heavy atom. The van der Waals surface area contributed by atoms with Gasteiger partial charge in [0.1, 0.15) is 11.7 Å². The highest BCUT2D eigenvalue weighted by Gasteiger charge is 2.13. The molecule has 0 saturated carbocycles. The second-order valence-electron chi connectivity index (χ2n) is 4.78. The number of benzene rings is 1. The van der Waals surface area contributed by atoms with Gasteiger partial charge < -0.3 is 5.11 Å². The Labute approximate surface area is 128 Å². The largest absolute Gasteiger partial charge is 0.387 e. The van der Waals surface area contributed by atoms with E-state index in [0.717, 1.165) is 10.0 Å². The Balaban J connectivity index is 1.95. The molecule has 1 aromatic carbocycles. The van der Waals surface area contributed by atoms with Gasteiger partial charge in [0.25, 0.3) is 5.56 Å². The van der Waals surface area contributed by atoms with Gasteiger partial charge in [0, 0.05) is 11.5 Å². The van der Waals surface area contributed by atoms with Crippen molar-refractivity contribution in [3.63, 3.8) is 0 Å². The van der Waals surface area contributed by atoms with Crippen LogP contribution in [0.25, 0.3) is 11.0 Å². The maximum Gasteiger partial charge on any atom is 0.264 e. The lowest BCUT2D eigenvalue weighted by atomic mass is 10.1. The molecule has 0 amide bonds. The van der Waals surface area contributed by atoms with Crippen molar-refractivity contribution < 1.29 is 5.11 Å². The molecular formula is C14H13BrN4O2. The molecule has 1 atom stereocenters. The molecule has 3 rings (SSSR count). The maximum absolute atomic E-state index is 12.3. The summed E-state index contributed by atoms with van der Waals surface area (Å²) < 4.78 is 3.83. The van der Waals surface area contributed by atoms with Crippen molar-refractivity contribution in [1.29, 1.82) is 0 Å². The minimum absolute atomic E-state index is 0.146. The molecule has 0 aliphatic heterocycles. The van der Waals surface area contributed by atoms with Gasteiger partial charge in [0.2, 0.25) is 0 Å². The number of aromatic nitrogens is 4. The minimum atomic E-state index is -0.781. The van der Waals surface area contributed by atoms with Gasteiger partial charge in [-0.05, 0) is 17.7 Å². The van der Waals surface area contributed by atoms with Crippen molar-refractivity contribution in [2.24, 2.45) is 7.05 Å². The van der Waals surface area contributed by atoms with E-state index < -0.39 is 6.10 Å². The first-order valence-electron chi connectivity index (χ1n) is 6.37. The lowest BCUT2D eigenvalue weighted by Gasteiger charge is -2.13. The number of rotatable bonds is 3. The Morgan fingerprint density at radius 3 is 3.00 bits per heavy atom. The molecule has 7 heteroatoms. The second kappa shape index (κ2) is 5.42. The zero-order valence-electron chi connectivity index (χ0n) is 11.3. The number of hydrogen-bond donors (Lipinski definition) is 1. The van der Waals surface area contributed by atoms with Gasteiger partial charge in [0.05, 0.1) is 18.8 Å². The highest BCUT2D eigenvalue weighted by atomic mass is 79.9. The average Bonchev–Trinajstić information content (AvgIpc) is 2.84. The highest BCUT2D eigenvalue weighted by molar-refractivity contribution is 9.10. The molecule has 0 aliphatic carbocycles. The number of hydrogen-bond acceptors (Lipinski definition) is 4. The summed E-state index contributed by atoms with van der Waals surface area (Å²) in [6, 6.07) is 7.36. The van der Waals surface area contributed by atoms with Crippen molar-refractivity contribution in [2.75, 3.05) is 0 Å². The van der Waals surface area contributed by atoms with Crippen LogP contribution in [-0.4, -0.2) is 24.4 Å². The zero-order chi connectivity index (χ0) is 15.0. The molecule has 0 radical (unpaired) electrons. The fourth-order valence-electron chi connectivity index (χ4n) is 2.20. The monoisotopic (exact) mass is 348 g/mol. The van der Waals surface area contributed by atoms with Crippen LogP contribution < -0.4 is 5.56 Å². The van der Waals surface area contributed by atoms with Crippen LogP contribution in [0, 0.1) is 0 Å². The van der Waals surface area contributed by atoms with Crippen molar-refractivity contribution in [2.45, 2.75) is 12.6 Å². The number of halogens is 1. The summed E-state index contributed by atoms with van der Waals surface area (Å²) in [5, 5.41) is 14.7. The van der Waals surface area contributed by atoms with Crippen LogP contribution in [0.4, 0.5) is 0 Å². The Kier molecular flexibility index (Phi) is 3.60. The molecule has 0 aliphatic rings. The standard InChI is InChI=1S/C14H13BrN4O2/c1-18-13-11(6-17-18)14(21)19(8-16-13)7-12(20)9-3-2-4-10(15)5-9/h2-6,8,12,20H,7H2,1H3. The molecule has 0 bridgehead atoms. The molecule has 108 valence electrons. The Morgan fingerprint density at radius 2 is 2.24 bits per heavy atom. The molecule has 0 saturated heterocycles. The van der Waals surface area contributed by atoms with Crippen molar-refractivity contribution in [1.82, 2.24) is 19.3 Å². The summed E-state index contributed by atoms with van der Waals surface area (Å²) >= 11 is 3.36. The number of aliphatic hydroxyl groups excluding tert-OH is 1. The molecular weight excluding hydrogens is 336 g/mol. The lowest BCUT2D eigenvalue weighted by molar-refractivity contribution is 0.155. The summed E-state index contributed by atoms with van der Waals surface area (Å²) in [7, 11) is 1.73. The smallest absolute Gasteiger partial charge is 0.264 e. The summed E-state index contributed by atoms with van der Waals surface area (Å²) in [4.78, 5) is 16.5. The zero-order valence-corrected chi connectivity index (χ0v) is 12.9. The van der Waals surface area contributed by atoms with Crippen molar-refractivity contribution in [3.8, 4) is 0 Å². The van der Waals surface area contributed by atoms with E-state index in [9.17, 15) is 9.90 Å². The van der Waals surface area contributed by atoms with Crippen LogP contribution in [0.3, 0.4) is 0 Å². The van der Waals surface area contributed by atoms with Gasteiger partial charge in [-0.3, -0.25) is 14.0 Å². The number of fused-ring (bicyclic) bond motifs is 1. The number of nitrogens with zero attached hydrogens (tertiary/aromatic N) is 4. The van der Waals surface area contributed by atoms with Crippen LogP contribution in [0.15, 0.2) is 46.1 Å². The van der Waals surface area contributed by atoms with Crippen LogP contribution in [0.5, 0.6) is 0 Å². The quantitative estimate of drug-likeness (QED) is 0.780. The van der Waals surface area contributed by atoms with E-state index in [2.05, 4.69) is 26.0 Å². The topological polar surface area (TPSA) is 72.9 Å². The summed E-state index contributed by atoms with van der Waals surface area (Å²) in [5.74, 6) is 0. The maximum atomic E-state index is 12.3. The molecule has 2 aromatic heterocycles. The van der Waals surface area contributed by atoms with Crippen molar-refractivity contribution in [3.05, 3.63) is 57.2 Å². The molecule has 1 unspecified atom stereocenters. The van der Waals surface area contributed by atoms with Gasteiger partial charge in [-0.1, -0.05) is 28.1 Å². The Bertz CT molecular complexity index is 856. The van der Waals surface area contributed by atoms with E-state index in [1.54, 1.807) is 11.7 Å². The third kappa shape index (κ3) is 2.62. The van der Waals surface area contributed by atoms with E-state index in [1.807, 2.05) is 24.3 Å². The molecule has 3 aromatic rings. The molecule has 0 spiro atoms. The predicted octanol–water partition coefficient (Wildman–Crippen LogP) is 1.63. The highest BCUT2D eigenvalue weighted by Crippen LogP contribution is 2.19. The van der Waals surface area contributed by atoms with Gasteiger partial charge in [-0.15, -0.1) is 0 Å². The third-order valence-electron chi connectivity index (χ3n) is 3.32. The molecule has 0 fully saturated rings. The SMILES string of the molecule is Cn1ncc2c(=O)n(CC(O)c3cccc(Br)c3)cnc21. The fourth-order valence-corrected chi connectivity index (χ4v) is 2.62. The van der Waals surface area contributed by atoms with Gasteiger partial charge in [-0.25, -0.2) is 4.98 Å². The van der Waals surface area contributed by atoms with E-state index in [0.29, 0.717) is 11.0 Å². The number of aliphatic hydroxyl groups is 1. The fraction of sp³-hybridized carbons (Fsp3) is 0.214. The van der Waals surface area contributed by atoms with E-state index in [4.69, 9.17) is 0 Å². The number of aryl methyl sites for hydroxylation is 1. The van der Waals surface area contributed by atoms with E-state index in [1.165, 1.54) is 17.1 Å². The molecule has 6 nitrogen and oxygen atoms in total. The van der Waals surface area contributed by atoms with Crippen molar-refractivity contribution >= 4 is 27.0 Å². The molecule has 1 N–H and O–H groups in total. The van der Waals surface area contributed by atoms with Gasteiger partial charge in [0.15, 0.2) is 5.65 Å².